The third-order valence-corrected chi connectivity index (χ3v) is 1.63. The maximum absolute atomic E-state index is 11.1. The van der Waals surface area contributed by atoms with Crippen LogP contribution in [0.2, 0.25) is 0 Å². The summed E-state index contributed by atoms with van der Waals surface area (Å²) < 4.78 is 0. The van der Waals surface area contributed by atoms with Crippen molar-refractivity contribution in [2.75, 3.05) is 7.05 Å². The summed E-state index contributed by atoms with van der Waals surface area (Å²) in [5.74, 6) is -0.00810. The second-order valence-corrected chi connectivity index (χ2v) is 2.42. The Morgan fingerprint density at radius 3 is 2.80 bits per heavy atom. The normalized spacial score (nSPS) is 25.9. The quantitative estimate of drug-likeness (QED) is 0.506. The van der Waals surface area contributed by atoms with E-state index in [-0.39, 0.29) is 12.1 Å². The molecule has 0 aromatic heterocycles. The lowest BCUT2D eigenvalue weighted by atomic mass is 10.3. The molecule has 0 saturated heterocycles. The summed E-state index contributed by atoms with van der Waals surface area (Å²) >= 11 is 0. The van der Waals surface area contributed by atoms with E-state index in [4.69, 9.17) is 0 Å². The van der Waals surface area contributed by atoms with Gasteiger partial charge < -0.3 is 4.90 Å². The predicted octanol–water partition coefficient (Wildman–Crippen LogP) is -0.230. The van der Waals surface area contributed by atoms with E-state index in [2.05, 4.69) is 10.5 Å². The molecule has 0 spiro atoms. The first-order valence-electron chi connectivity index (χ1n) is 3.20. The number of nitrogens with one attached hydrogen (secondary N) is 1. The molecule has 1 aliphatic heterocycles. The lowest BCUT2D eigenvalue weighted by Gasteiger charge is -2.28. The van der Waals surface area contributed by atoms with Crippen molar-refractivity contribution in [3.63, 3.8) is 0 Å². The van der Waals surface area contributed by atoms with Gasteiger partial charge in [0.1, 0.15) is 11.9 Å². The SMILES string of the molecule is CC1=NNC(C)N(C)C1=O. The molecule has 1 heterocycles. The first kappa shape index (κ1) is 7.05. The Morgan fingerprint density at radius 1 is 1.70 bits per heavy atom. The minimum absolute atomic E-state index is 0.00810. The van der Waals surface area contributed by atoms with Crippen molar-refractivity contribution in [3.05, 3.63) is 0 Å². The Bertz CT molecular complexity index is 187. The van der Waals surface area contributed by atoms with Crippen molar-refractivity contribution in [2.24, 2.45) is 5.10 Å². The summed E-state index contributed by atoms with van der Waals surface area (Å²) in [4.78, 5) is 12.7. The van der Waals surface area contributed by atoms with Crippen molar-refractivity contribution < 1.29 is 4.79 Å². The highest BCUT2D eigenvalue weighted by Gasteiger charge is 2.21. The van der Waals surface area contributed by atoms with E-state index in [1.54, 1.807) is 18.9 Å². The van der Waals surface area contributed by atoms with E-state index < -0.39 is 0 Å². The van der Waals surface area contributed by atoms with E-state index >= 15 is 0 Å². The Hall–Kier alpha value is -1.06. The van der Waals surface area contributed by atoms with Gasteiger partial charge in [0.25, 0.3) is 5.91 Å². The second kappa shape index (κ2) is 2.28. The first-order valence-corrected chi connectivity index (χ1v) is 3.20. The summed E-state index contributed by atoms with van der Waals surface area (Å²) in [6, 6.07) is 0. The van der Waals surface area contributed by atoms with Crippen LogP contribution in [-0.2, 0) is 4.79 Å². The molecule has 0 aromatic rings. The van der Waals surface area contributed by atoms with Crippen molar-refractivity contribution in [2.45, 2.75) is 20.0 Å². The average molecular weight is 141 g/mol. The van der Waals surface area contributed by atoms with Gasteiger partial charge in [-0.1, -0.05) is 0 Å². The maximum atomic E-state index is 11.1. The van der Waals surface area contributed by atoms with Gasteiger partial charge in [0.05, 0.1) is 0 Å². The zero-order valence-electron chi connectivity index (χ0n) is 6.38. The number of hydrogen-bond donors (Lipinski definition) is 1. The minimum Gasteiger partial charge on any atom is -0.319 e. The molecule has 0 radical (unpaired) electrons. The van der Waals surface area contributed by atoms with E-state index in [0.29, 0.717) is 5.71 Å². The number of carbonyl (C=O) groups is 1. The molecule has 56 valence electrons. The lowest BCUT2D eigenvalue weighted by Crippen LogP contribution is -2.49. The molecule has 4 heteroatoms. The Morgan fingerprint density at radius 2 is 2.30 bits per heavy atom. The van der Waals surface area contributed by atoms with Crippen LogP contribution in [0.15, 0.2) is 5.10 Å². The zero-order chi connectivity index (χ0) is 7.72. The minimum atomic E-state index is -0.00810. The summed E-state index contributed by atoms with van der Waals surface area (Å²) in [6.07, 6.45) is 0.0104. The Labute approximate surface area is 59.9 Å². The van der Waals surface area contributed by atoms with Crippen molar-refractivity contribution in [1.29, 1.82) is 0 Å². The van der Waals surface area contributed by atoms with Gasteiger partial charge in [-0.15, -0.1) is 0 Å². The van der Waals surface area contributed by atoms with E-state index in [0.717, 1.165) is 0 Å². The number of nitrogens with zero attached hydrogens (tertiary/aromatic N) is 2. The van der Waals surface area contributed by atoms with Crippen LogP contribution in [0, 0.1) is 0 Å². The maximum Gasteiger partial charge on any atom is 0.271 e. The van der Waals surface area contributed by atoms with Gasteiger partial charge in [-0.3, -0.25) is 10.2 Å². The third-order valence-electron chi connectivity index (χ3n) is 1.63. The molecular weight excluding hydrogens is 130 g/mol. The lowest BCUT2D eigenvalue weighted by molar-refractivity contribution is -0.126. The molecular formula is C6H11N3O. The third kappa shape index (κ3) is 0.964. The van der Waals surface area contributed by atoms with Crippen LogP contribution in [0.25, 0.3) is 0 Å². The molecule has 1 unspecified atom stereocenters. The zero-order valence-corrected chi connectivity index (χ0v) is 6.38. The van der Waals surface area contributed by atoms with Crippen molar-refractivity contribution in [3.8, 4) is 0 Å². The molecule has 4 nitrogen and oxygen atoms in total. The van der Waals surface area contributed by atoms with Crippen LogP contribution in [0.5, 0.6) is 0 Å². The molecule has 0 aromatic carbocycles. The van der Waals surface area contributed by atoms with Gasteiger partial charge in [0.15, 0.2) is 0 Å². The van der Waals surface area contributed by atoms with Crippen LogP contribution in [0.1, 0.15) is 13.8 Å². The number of hydrazone groups is 1. The standard InChI is InChI=1S/C6H11N3O/c1-4-6(10)9(3)5(2)8-7-4/h5,8H,1-3H3. The summed E-state index contributed by atoms with van der Waals surface area (Å²) in [5, 5.41) is 3.82. The molecule has 10 heavy (non-hydrogen) atoms. The smallest absolute Gasteiger partial charge is 0.271 e. The van der Waals surface area contributed by atoms with Crippen molar-refractivity contribution >= 4 is 11.6 Å². The van der Waals surface area contributed by atoms with Crippen LogP contribution >= 0.6 is 0 Å². The number of rotatable bonds is 0. The average Bonchev–Trinajstić information content (AvgIpc) is 1.93. The molecule has 1 N–H and O–H groups in total. The molecule has 0 bridgehead atoms. The number of hydrogen-bond acceptors (Lipinski definition) is 3. The van der Waals surface area contributed by atoms with E-state index in [9.17, 15) is 4.79 Å². The first-order chi connectivity index (χ1) is 4.63. The molecule has 1 rings (SSSR count). The number of amides is 1. The monoisotopic (exact) mass is 141 g/mol. The van der Waals surface area contributed by atoms with Gasteiger partial charge in [-0.05, 0) is 13.8 Å². The largest absolute Gasteiger partial charge is 0.319 e. The molecule has 0 saturated carbocycles. The summed E-state index contributed by atoms with van der Waals surface area (Å²) in [6.45, 7) is 3.57. The Kier molecular flexibility index (Phi) is 1.61. The van der Waals surface area contributed by atoms with Gasteiger partial charge in [0.2, 0.25) is 0 Å². The fourth-order valence-corrected chi connectivity index (χ4v) is 0.756. The molecule has 1 amide bonds. The van der Waals surface area contributed by atoms with Crippen LogP contribution in [-0.4, -0.2) is 29.7 Å². The molecule has 1 atom stereocenters. The van der Waals surface area contributed by atoms with Gasteiger partial charge in [-0.25, -0.2) is 0 Å². The molecule has 1 aliphatic rings. The van der Waals surface area contributed by atoms with Crippen LogP contribution < -0.4 is 5.43 Å². The Balaban J connectivity index is 2.81. The fourth-order valence-electron chi connectivity index (χ4n) is 0.756. The summed E-state index contributed by atoms with van der Waals surface area (Å²) in [5.41, 5.74) is 3.32. The van der Waals surface area contributed by atoms with Crippen LogP contribution in [0.3, 0.4) is 0 Å². The molecule has 0 aliphatic carbocycles. The topological polar surface area (TPSA) is 44.7 Å². The van der Waals surface area contributed by atoms with Gasteiger partial charge >= 0.3 is 0 Å². The van der Waals surface area contributed by atoms with Crippen LogP contribution in [0.4, 0.5) is 0 Å². The highest BCUT2D eigenvalue weighted by Crippen LogP contribution is 1.99. The predicted molar refractivity (Wildman–Crippen MR) is 38.5 cm³/mol. The highest BCUT2D eigenvalue weighted by molar-refractivity contribution is 6.38. The highest BCUT2D eigenvalue weighted by atomic mass is 16.2. The fraction of sp³-hybridized carbons (Fsp3) is 0.667. The van der Waals surface area contributed by atoms with Gasteiger partial charge in [-0.2, -0.15) is 5.10 Å². The van der Waals surface area contributed by atoms with Crippen molar-refractivity contribution in [1.82, 2.24) is 10.3 Å². The number of carbonyl (C=O) groups excluding carboxylic acids is 1. The summed E-state index contributed by atoms with van der Waals surface area (Å²) in [7, 11) is 1.75. The van der Waals surface area contributed by atoms with Gasteiger partial charge in [0, 0.05) is 7.05 Å². The van der Waals surface area contributed by atoms with E-state index in [1.807, 2.05) is 6.92 Å². The molecule has 0 fully saturated rings. The second-order valence-electron chi connectivity index (χ2n) is 2.42. The van der Waals surface area contributed by atoms with E-state index in [1.165, 1.54) is 0 Å².